The van der Waals surface area contributed by atoms with Crippen molar-refractivity contribution in [1.29, 1.82) is 0 Å². The van der Waals surface area contributed by atoms with Crippen molar-refractivity contribution in [2.24, 2.45) is 0 Å². The van der Waals surface area contributed by atoms with Crippen molar-refractivity contribution in [3.05, 3.63) is 30.5 Å². The number of ether oxygens (including phenoxy) is 2. The first-order chi connectivity index (χ1) is 8.97. The summed E-state index contributed by atoms with van der Waals surface area (Å²) >= 11 is 0. The maximum Gasteiger partial charge on any atom is 0.130 e. The highest BCUT2D eigenvalue weighted by atomic mass is 16.5. The first-order valence-corrected chi connectivity index (χ1v) is 6.37. The van der Waals surface area contributed by atoms with Crippen molar-refractivity contribution in [1.82, 2.24) is 4.98 Å². The van der Waals surface area contributed by atoms with Crippen LogP contribution >= 0.6 is 0 Å². The number of hydrogen-bond donors (Lipinski definition) is 1. The topological polar surface area (TPSA) is 57.4 Å². The van der Waals surface area contributed by atoms with E-state index >= 15 is 0 Å². The molecule has 102 valence electrons. The van der Waals surface area contributed by atoms with E-state index in [0.717, 1.165) is 16.7 Å². The molecule has 1 aromatic heterocycles. The molecule has 0 bridgehead atoms. The van der Waals surface area contributed by atoms with Gasteiger partial charge in [0.25, 0.3) is 0 Å². The molecule has 0 spiro atoms. The predicted octanol–water partition coefficient (Wildman–Crippen LogP) is 3.01. The van der Waals surface area contributed by atoms with Gasteiger partial charge in [-0.25, -0.2) is 0 Å². The van der Waals surface area contributed by atoms with Crippen molar-refractivity contribution in [2.75, 3.05) is 18.9 Å². The molecule has 0 unspecified atom stereocenters. The van der Waals surface area contributed by atoms with Gasteiger partial charge in [0.2, 0.25) is 0 Å². The molecular weight excluding hydrogens is 240 g/mol. The lowest BCUT2D eigenvalue weighted by Crippen LogP contribution is -2.22. The number of nitrogens with two attached hydrogens (primary N) is 1. The normalized spacial score (nSPS) is 11.7. The fourth-order valence-electron chi connectivity index (χ4n) is 1.80. The molecule has 0 aliphatic rings. The zero-order valence-corrected chi connectivity index (χ0v) is 11.6. The van der Waals surface area contributed by atoms with Crippen LogP contribution in [0.25, 0.3) is 10.9 Å². The van der Waals surface area contributed by atoms with Crippen molar-refractivity contribution in [3.63, 3.8) is 0 Å². The van der Waals surface area contributed by atoms with Crippen LogP contribution in [0, 0.1) is 0 Å². The molecule has 0 saturated heterocycles. The number of benzene rings is 1. The van der Waals surface area contributed by atoms with E-state index in [-0.39, 0.29) is 5.60 Å². The molecule has 1 heterocycles. The van der Waals surface area contributed by atoms with Crippen LogP contribution in [0.4, 0.5) is 5.69 Å². The van der Waals surface area contributed by atoms with E-state index in [2.05, 4.69) is 4.98 Å². The molecule has 0 saturated carbocycles. The molecular formula is C15H20N2O2. The molecule has 2 aromatic rings. The van der Waals surface area contributed by atoms with Gasteiger partial charge in [-0.05, 0) is 39.0 Å². The zero-order chi connectivity index (χ0) is 13.9. The van der Waals surface area contributed by atoms with E-state index in [9.17, 15) is 0 Å². The Hall–Kier alpha value is -1.81. The summed E-state index contributed by atoms with van der Waals surface area (Å²) in [5.74, 6) is 0.787. The van der Waals surface area contributed by atoms with Crippen LogP contribution in [0.15, 0.2) is 30.5 Å². The maximum absolute atomic E-state index is 5.89. The van der Waals surface area contributed by atoms with Crippen molar-refractivity contribution < 1.29 is 9.47 Å². The lowest BCUT2D eigenvalue weighted by Gasteiger charge is -2.19. The van der Waals surface area contributed by atoms with Gasteiger partial charge in [0, 0.05) is 11.6 Å². The highest BCUT2D eigenvalue weighted by Crippen LogP contribution is 2.27. The van der Waals surface area contributed by atoms with E-state index in [0.29, 0.717) is 18.9 Å². The average molecular weight is 260 g/mol. The third-order valence-electron chi connectivity index (χ3n) is 2.64. The molecule has 0 fully saturated rings. The first kappa shape index (κ1) is 13.6. The summed E-state index contributed by atoms with van der Waals surface area (Å²) in [6, 6.07) is 7.54. The number of anilines is 1. The van der Waals surface area contributed by atoms with E-state index in [4.69, 9.17) is 15.2 Å². The Kier molecular flexibility index (Phi) is 3.90. The largest absolute Gasteiger partial charge is 0.490 e. The maximum atomic E-state index is 5.89. The summed E-state index contributed by atoms with van der Waals surface area (Å²) in [5, 5.41) is 0.929. The van der Waals surface area contributed by atoms with Crippen LogP contribution in [-0.4, -0.2) is 23.8 Å². The van der Waals surface area contributed by atoms with E-state index in [1.54, 1.807) is 6.20 Å². The number of hydrogen-bond acceptors (Lipinski definition) is 4. The quantitative estimate of drug-likeness (QED) is 0.678. The van der Waals surface area contributed by atoms with Crippen molar-refractivity contribution in [3.8, 4) is 5.75 Å². The monoisotopic (exact) mass is 260 g/mol. The van der Waals surface area contributed by atoms with Gasteiger partial charge in [0.1, 0.15) is 12.4 Å². The van der Waals surface area contributed by atoms with Crippen LogP contribution < -0.4 is 10.5 Å². The predicted molar refractivity (Wildman–Crippen MR) is 77.4 cm³/mol. The van der Waals surface area contributed by atoms with Gasteiger partial charge in [0.15, 0.2) is 0 Å². The molecule has 2 rings (SSSR count). The van der Waals surface area contributed by atoms with Gasteiger partial charge in [-0.15, -0.1) is 0 Å². The number of fused-ring (bicyclic) bond motifs is 1. The van der Waals surface area contributed by atoms with E-state index in [1.807, 2.05) is 45.0 Å². The molecule has 0 amide bonds. The van der Waals surface area contributed by atoms with Gasteiger partial charge in [-0.2, -0.15) is 0 Å². The third-order valence-corrected chi connectivity index (χ3v) is 2.64. The summed E-state index contributed by atoms with van der Waals surface area (Å²) in [7, 11) is 0. The molecule has 1 aromatic carbocycles. The molecule has 19 heavy (non-hydrogen) atoms. The lowest BCUT2D eigenvalue weighted by molar-refractivity contribution is -0.0161. The first-order valence-electron chi connectivity index (χ1n) is 6.37. The number of aromatic nitrogens is 1. The Balaban J connectivity index is 2.07. The molecule has 4 heteroatoms. The molecule has 2 N–H and O–H groups in total. The van der Waals surface area contributed by atoms with E-state index in [1.165, 1.54) is 0 Å². The van der Waals surface area contributed by atoms with Gasteiger partial charge >= 0.3 is 0 Å². The molecule has 0 radical (unpaired) electrons. The van der Waals surface area contributed by atoms with Crippen LogP contribution in [-0.2, 0) is 4.74 Å². The second-order valence-electron chi connectivity index (χ2n) is 5.36. The fraction of sp³-hybridized carbons (Fsp3) is 0.400. The zero-order valence-electron chi connectivity index (χ0n) is 11.6. The summed E-state index contributed by atoms with van der Waals surface area (Å²) in [6.07, 6.45) is 1.71. The minimum atomic E-state index is -0.145. The minimum absolute atomic E-state index is 0.145. The van der Waals surface area contributed by atoms with Gasteiger partial charge < -0.3 is 15.2 Å². The minimum Gasteiger partial charge on any atom is -0.490 e. The lowest BCUT2D eigenvalue weighted by atomic mass is 10.2. The number of para-hydroxylation sites is 1. The summed E-state index contributed by atoms with van der Waals surface area (Å²) in [4.78, 5) is 4.27. The number of nitrogens with zero attached hydrogens (tertiary/aromatic N) is 1. The van der Waals surface area contributed by atoms with Crippen molar-refractivity contribution >= 4 is 16.6 Å². The van der Waals surface area contributed by atoms with E-state index < -0.39 is 0 Å². The molecule has 0 atom stereocenters. The fourth-order valence-corrected chi connectivity index (χ4v) is 1.80. The third kappa shape index (κ3) is 3.58. The highest BCUT2D eigenvalue weighted by molar-refractivity contribution is 5.93. The Morgan fingerprint density at radius 3 is 2.68 bits per heavy atom. The van der Waals surface area contributed by atoms with Crippen LogP contribution in [0.2, 0.25) is 0 Å². The summed E-state index contributed by atoms with van der Waals surface area (Å²) < 4.78 is 11.4. The standard InChI is InChI=1S/C15H20N2O2/c1-15(2,3)19-10-9-18-13-7-8-17-14-11(13)5-4-6-12(14)16/h4-8H,9-10,16H2,1-3H3. The smallest absolute Gasteiger partial charge is 0.130 e. The van der Waals surface area contributed by atoms with Crippen LogP contribution in [0.5, 0.6) is 5.75 Å². The second kappa shape index (κ2) is 5.45. The van der Waals surface area contributed by atoms with Gasteiger partial charge in [0.05, 0.1) is 23.4 Å². The summed E-state index contributed by atoms with van der Waals surface area (Å²) in [6.45, 7) is 7.13. The van der Waals surface area contributed by atoms with Gasteiger partial charge in [-0.1, -0.05) is 6.07 Å². The SMILES string of the molecule is CC(C)(C)OCCOc1ccnc2c(N)cccc12. The number of rotatable bonds is 4. The summed E-state index contributed by atoms with van der Waals surface area (Å²) in [5.41, 5.74) is 7.19. The molecule has 0 aliphatic carbocycles. The second-order valence-corrected chi connectivity index (χ2v) is 5.36. The Labute approximate surface area is 113 Å². The molecule has 0 aliphatic heterocycles. The Morgan fingerprint density at radius 2 is 1.95 bits per heavy atom. The Bertz CT molecular complexity index is 562. The van der Waals surface area contributed by atoms with Crippen molar-refractivity contribution in [2.45, 2.75) is 26.4 Å². The van der Waals surface area contributed by atoms with Crippen LogP contribution in [0.3, 0.4) is 0 Å². The van der Waals surface area contributed by atoms with Gasteiger partial charge in [-0.3, -0.25) is 4.98 Å². The number of pyridine rings is 1. The molecule has 4 nitrogen and oxygen atoms in total. The highest BCUT2D eigenvalue weighted by Gasteiger charge is 2.10. The van der Waals surface area contributed by atoms with Crippen LogP contribution in [0.1, 0.15) is 20.8 Å². The Morgan fingerprint density at radius 1 is 1.16 bits per heavy atom. The number of nitrogen functional groups attached to an aromatic ring is 1. The average Bonchev–Trinajstić information content (AvgIpc) is 2.34.